The van der Waals surface area contributed by atoms with Gasteiger partial charge in [0.25, 0.3) is 5.78 Å². The maximum absolute atomic E-state index is 12.0. The van der Waals surface area contributed by atoms with Crippen molar-refractivity contribution in [3.05, 3.63) is 18.1 Å². The molecule has 0 spiro atoms. The molecule has 0 aliphatic carbocycles. The van der Waals surface area contributed by atoms with E-state index >= 15 is 0 Å². The summed E-state index contributed by atoms with van der Waals surface area (Å²) in [5.41, 5.74) is 0.821. The monoisotopic (exact) mass is 303 g/mol. The molecule has 2 aromatic heterocycles. The minimum atomic E-state index is -4.31. The fourth-order valence-electron chi connectivity index (χ4n) is 1.79. The average Bonchev–Trinajstić information content (AvgIpc) is 2.85. The number of aromatic nitrogens is 4. The number of rotatable bonds is 6. The van der Waals surface area contributed by atoms with Crippen molar-refractivity contribution < 1.29 is 17.9 Å². The minimum Gasteiger partial charge on any atom is -0.370 e. The summed E-state index contributed by atoms with van der Waals surface area (Å²) >= 11 is 0. The van der Waals surface area contributed by atoms with Crippen LogP contribution >= 0.6 is 0 Å². The lowest BCUT2D eigenvalue weighted by molar-refractivity contribution is -0.174. The molecular weight excluding hydrogens is 287 g/mol. The van der Waals surface area contributed by atoms with Gasteiger partial charge in [0.15, 0.2) is 0 Å². The summed E-state index contributed by atoms with van der Waals surface area (Å²) in [7, 11) is 0. The van der Waals surface area contributed by atoms with Gasteiger partial charge in [0.05, 0.1) is 6.61 Å². The Bertz CT molecular complexity index is 598. The first kappa shape index (κ1) is 15.5. The number of alkyl halides is 3. The van der Waals surface area contributed by atoms with E-state index in [2.05, 4.69) is 25.1 Å². The van der Waals surface area contributed by atoms with Crippen LogP contribution in [-0.2, 0) is 11.2 Å². The van der Waals surface area contributed by atoms with Crippen LogP contribution in [0.1, 0.15) is 19.5 Å². The number of anilines is 1. The summed E-state index contributed by atoms with van der Waals surface area (Å²) in [6.45, 7) is 2.35. The molecule has 21 heavy (non-hydrogen) atoms. The number of hydrogen-bond donors (Lipinski definition) is 1. The fraction of sp³-hybridized carbons (Fsp3) is 0.583. The predicted molar refractivity (Wildman–Crippen MR) is 70.1 cm³/mol. The van der Waals surface area contributed by atoms with Crippen LogP contribution in [0.4, 0.5) is 19.0 Å². The minimum absolute atomic E-state index is 0.0700. The van der Waals surface area contributed by atoms with Crippen molar-refractivity contribution in [1.82, 2.24) is 19.6 Å². The van der Waals surface area contributed by atoms with Crippen molar-refractivity contribution in [3.63, 3.8) is 0 Å². The summed E-state index contributed by atoms with van der Waals surface area (Å²) in [4.78, 5) is 8.30. The standard InChI is InChI=1S/C12H16F3N5O/c1-3-9-4-10(20-11(19-9)16-7-17-20)18-8(2)5-21-6-12(13,14)15/h4,7-8,18H,3,5-6H2,1-2H3/t8-/m1/s1. The Morgan fingerprint density at radius 2 is 2.19 bits per heavy atom. The van der Waals surface area contributed by atoms with Crippen molar-refractivity contribution in [2.45, 2.75) is 32.5 Å². The van der Waals surface area contributed by atoms with Gasteiger partial charge >= 0.3 is 6.18 Å². The Balaban J connectivity index is 2.03. The highest BCUT2D eigenvalue weighted by Crippen LogP contribution is 2.15. The van der Waals surface area contributed by atoms with E-state index in [9.17, 15) is 13.2 Å². The van der Waals surface area contributed by atoms with Gasteiger partial charge in [0, 0.05) is 17.8 Å². The maximum atomic E-state index is 12.0. The molecule has 0 fully saturated rings. The van der Waals surface area contributed by atoms with Crippen LogP contribution in [0.5, 0.6) is 0 Å². The van der Waals surface area contributed by atoms with Crippen molar-refractivity contribution in [1.29, 1.82) is 0 Å². The quantitative estimate of drug-likeness (QED) is 0.885. The van der Waals surface area contributed by atoms with Gasteiger partial charge in [-0.1, -0.05) is 6.92 Å². The van der Waals surface area contributed by atoms with Crippen molar-refractivity contribution in [2.24, 2.45) is 0 Å². The Hall–Kier alpha value is -1.90. The molecule has 2 aromatic rings. The first-order valence-corrected chi connectivity index (χ1v) is 6.49. The molecule has 0 amide bonds. The first-order chi connectivity index (χ1) is 9.89. The summed E-state index contributed by atoms with van der Waals surface area (Å²) in [6.07, 6.45) is -2.22. The second-order valence-electron chi connectivity index (χ2n) is 4.63. The third-order valence-electron chi connectivity index (χ3n) is 2.69. The Kier molecular flexibility index (Phi) is 4.61. The van der Waals surface area contributed by atoms with E-state index in [0.29, 0.717) is 11.6 Å². The molecule has 0 bridgehead atoms. The average molecular weight is 303 g/mol. The first-order valence-electron chi connectivity index (χ1n) is 6.49. The third-order valence-corrected chi connectivity index (χ3v) is 2.69. The van der Waals surface area contributed by atoms with E-state index in [1.54, 1.807) is 13.0 Å². The number of fused-ring (bicyclic) bond motifs is 1. The molecule has 1 N–H and O–H groups in total. The van der Waals surface area contributed by atoms with Crippen molar-refractivity contribution in [3.8, 4) is 0 Å². The molecule has 0 radical (unpaired) electrons. The molecule has 2 rings (SSSR count). The summed E-state index contributed by atoms with van der Waals surface area (Å²) in [5.74, 6) is 1.07. The largest absolute Gasteiger partial charge is 0.411 e. The lowest BCUT2D eigenvalue weighted by Gasteiger charge is -2.17. The second kappa shape index (κ2) is 6.25. The molecule has 9 heteroatoms. The molecule has 0 saturated carbocycles. The van der Waals surface area contributed by atoms with Crippen LogP contribution in [-0.4, -0.2) is 45.0 Å². The van der Waals surface area contributed by atoms with E-state index in [1.165, 1.54) is 10.8 Å². The van der Waals surface area contributed by atoms with Gasteiger partial charge in [-0.05, 0) is 13.3 Å². The van der Waals surface area contributed by atoms with Crippen LogP contribution in [0.2, 0.25) is 0 Å². The van der Waals surface area contributed by atoms with Crippen LogP contribution < -0.4 is 5.32 Å². The highest BCUT2D eigenvalue weighted by atomic mass is 19.4. The van der Waals surface area contributed by atoms with Crippen molar-refractivity contribution >= 4 is 11.6 Å². The van der Waals surface area contributed by atoms with Gasteiger partial charge in [-0.15, -0.1) is 0 Å². The van der Waals surface area contributed by atoms with Crippen LogP contribution in [0.3, 0.4) is 0 Å². The molecule has 2 heterocycles. The highest BCUT2D eigenvalue weighted by Gasteiger charge is 2.27. The van der Waals surface area contributed by atoms with Crippen LogP contribution in [0, 0.1) is 0 Å². The lowest BCUT2D eigenvalue weighted by Crippen LogP contribution is -2.27. The van der Waals surface area contributed by atoms with Gasteiger partial charge in [-0.25, -0.2) is 4.98 Å². The number of halogens is 3. The van der Waals surface area contributed by atoms with E-state index < -0.39 is 12.8 Å². The second-order valence-corrected chi connectivity index (χ2v) is 4.63. The summed E-state index contributed by atoms with van der Waals surface area (Å²) in [6, 6.07) is 1.48. The van der Waals surface area contributed by atoms with E-state index in [-0.39, 0.29) is 12.6 Å². The van der Waals surface area contributed by atoms with Crippen LogP contribution in [0.15, 0.2) is 12.4 Å². The highest BCUT2D eigenvalue weighted by molar-refractivity contribution is 5.45. The molecule has 116 valence electrons. The number of ether oxygens (including phenoxy) is 1. The van der Waals surface area contributed by atoms with Gasteiger partial charge < -0.3 is 10.1 Å². The number of aryl methyl sites for hydroxylation is 1. The van der Waals surface area contributed by atoms with Gasteiger partial charge in [0.2, 0.25) is 0 Å². The molecule has 0 unspecified atom stereocenters. The zero-order chi connectivity index (χ0) is 15.5. The molecule has 0 aliphatic heterocycles. The topological polar surface area (TPSA) is 64.3 Å². The number of hydrogen-bond acceptors (Lipinski definition) is 5. The SMILES string of the molecule is CCc1cc(N[C@H](C)COCC(F)(F)F)n2ncnc2n1. The van der Waals surface area contributed by atoms with Gasteiger partial charge in [-0.2, -0.15) is 27.8 Å². The third kappa shape index (κ3) is 4.28. The maximum Gasteiger partial charge on any atom is 0.411 e. The van der Waals surface area contributed by atoms with Crippen molar-refractivity contribution in [2.75, 3.05) is 18.5 Å². The van der Waals surface area contributed by atoms with E-state index in [0.717, 1.165) is 12.1 Å². The Morgan fingerprint density at radius 3 is 2.86 bits per heavy atom. The van der Waals surface area contributed by atoms with Gasteiger partial charge in [0.1, 0.15) is 18.8 Å². The number of nitrogens with zero attached hydrogens (tertiary/aromatic N) is 4. The van der Waals surface area contributed by atoms with E-state index in [4.69, 9.17) is 0 Å². The van der Waals surface area contributed by atoms with Crippen LogP contribution in [0.25, 0.3) is 5.78 Å². The molecule has 0 saturated heterocycles. The lowest BCUT2D eigenvalue weighted by atomic mass is 10.3. The molecule has 1 atom stereocenters. The predicted octanol–water partition coefficient (Wildman–Crippen LogP) is 2.07. The van der Waals surface area contributed by atoms with Gasteiger partial charge in [-0.3, -0.25) is 0 Å². The molecular formula is C12H16F3N5O. The normalized spacial score (nSPS) is 13.6. The Labute approximate surface area is 119 Å². The smallest absolute Gasteiger partial charge is 0.370 e. The molecule has 0 aliphatic rings. The zero-order valence-electron chi connectivity index (χ0n) is 11.7. The zero-order valence-corrected chi connectivity index (χ0v) is 11.7. The molecule has 0 aromatic carbocycles. The summed E-state index contributed by atoms with van der Waals surface area (Å²) in [5, 5.41) is 7.09. The van der Waals surface area contributed by atoms with E-state index in [1.807, 2.05) is 6.92 Å². The fourth-order valence-corrected chi connectivity index (χ4v) is 1.79. The number of nitrogens with one attached hydrogen (secondary N) is 1. The molecule has 6 nitrogen and oxygen atoms in total. The summed E-state index contributed by atoms with van der Waals surface area (Å²) < 4.78 is 42.2. The Morgan fingerprint density at radius 1 is 1.43 bits per heavy atom.